The summed E-state index contributed by atoms with van der Waals surface area (Å²) in [5.74, 6) is 0.796. The highest BCUT2D eigenvalue weighted by atomic mass is 16.5. The van der Waals surface area contributed by atoms with Crippen molar-refractivity contribution in [2.45, 2.75) is 32.1 Å². The van der Waals surface area contributed by atoms with E-state index < -0.39 is 0 Å². The lowest BCUT2D eigenvalue weighted by Crippen LogP contribution is -2.40. The van der Waals surface area contributed by atoms with Crippen LogP contribution in [-0.2, 0) is 9.59 Å². The van der Waals surface area contributed by atoms with Crippen molar-refractivity contribution < 1.29 is 14.3 Å². The molecule has 1 aliphatic carbocycles. The smallest absolute Gasteiger partial charge is 0.258 e. The van der Waals surface area contributed by atoms with E-state index in [2.05, 4.69) is 10.6 Å². The fourth-order valence-corrected chi connectivity index (χ4v) is 2.61. The molecule has 1 fully saturated rings. The summed E-state index contributed by atoms with van der Waals surface area (Å²) in [5, 5.41) is 5.45. The molecule has 0 heterocycles. The lowest BCUT2D eigenvalue weighted by atomic mass is 9.89. The molecular formula is C17H24N2O3. The van der Waals surface area contributed by atoms with Crippen LogP contribution in [0.3, 0.4) is 0 Å². The Kier molecular flexibility index (Phi) is 6.74. The summed E-state index contributed by atoms with van der Waals surface area (Å²) in [6, 6.07) is 9.12. The Balaban J connectivity index is 1.56. The number of carbonyl (C=O) groups is 2. The molecule has 2 rings (SSSR count). The van der Waals surface area contributed by atoms with Gasteiger partial charge in [-0.2, -0.15) is 0 Å². The number of ether oxygens (including phenoxy) is 1. The van der Waals surface area contributed by atoms with Crippen LogP contribution in [0.5, 0.6) is 5.75 Å². The quantitative estimate of drug-likeness (QED) is 0.808. The van der Waals surface area contributed by atoms with Crippen molar-refractivity contribution in [3.05, 3.63) is 30.3 Å². The monoisotopic (exact) mass is 304 g/mol. The molecule has 2 amide bonds. The molecule has 120 valence electrons. The number of para-hydroxylation sites is 1. The Morgan fingerprint density at radius 1 is 1.00 bits per heavy atom. The highest BCUT2D eigenvalue weighted by molar-refractivity contribution is 5.85. The second-order valence-electron chi connectivity index (χ2n) is 5.69. The Labute approximate surface area is 131 Å². The molecule has 0 radical (unpaired) electrons. The van der Waals surface area contributed by atoms with Crippen LogP contribution in [0, 0.1) is 5.92 Å². The molecule has 5 nitrogen and oxygen atoms in total. The molecule has 22 heavy (non-hydrogen) atoms. The summed E-state index contributed by atoms with van der Waals surface area (Å²) in [7, 11) is 0. The van der Waals surface area contributed by atoms with Crippen molar-refractivity contribution >= 4 is 11.8 Å². The van der Waals surface area contributed by atoms with E-state index in [9.17, 15) is 9.59 Å². The standard InChI is InChI=1S/C17H24N2O3/c20-16(18-11-14-7-3-1-4-8-14)12-19-17(21)13-22-15-9-5-2-6-10-15/h2,5-6,9-10,14H,1,3-4,7-8,11-13H2,(H,18,20)(H,19,21). The van der Waals surface area contributed by atoms with E-state index in [1.807, 2.05) is 18.2 Å². The highest BCUT2D eigenvalue weighted by Gasteiger charge is 2.14. The number of carbonyl (C=O) groups excluding carboxylic acids is 2. The minimum absolute atomic E-state index is 0.00367. The molecule has 1 aromatic rings. The molecule has 0 bridgehead atoms. The van der Waals surface area contributed by atoms with Gasteiger partial charge in [-0.25, -0.2) is 0 Å². The van der Waals surface area contributed by atoms with Crippen LogP contribution in [0.4, 0.5) is 0 Å². The van der Waals surface area contributed by atoms with Gasteiger partial charge in [-0.1, -0.05) is 37.5 Å². The topological polar surface area (TPSA) is 67.4 Å². The van der Waals surface area contributed by atoms with Gasteiger partial charge in [-0.3, -0.25) is 9.59 Å². The van der Waals surface area contributed by atoms with Gasteiger partial charge in [-0.15, -0.1) is 0 Å². The first-order chi connectivity index (χ1) is 10.7. The van der Waals surface area contributed by atoms with Crippen LogP contribution in [0.15, 0.2) is 30.3 Å². The van der Waals surface area contributed by atoms with Gasteiger partial charge >= 0.3 is 0 Å². The molecular weight excluding hydrogens is 280 g/mol. The first kappa shape index (κ1) is 16.3. The molecule has 1 aliphatic rings. The molecule has 0 saturated heterocycles. The maximum Gasteiger partial charge on any atom is 0.258 e. The lowest BCUT2D eigenvalue weighted by molar-refractivity contribution is -0.127. The Morgan fingerprint density at radius 2 is 1.73 bits per heavy atom. The largest absolute Gasteiger partial charge is 0.484 e. The van der Waals surface area contributed by atoms with E-state index in [1.54, 1.807) is 12.1 Å². The lowest BCUT2D eigenvalue weighted by Gasteiger charge is -2.21. The molecule has 0 aliphatic heterocycles. The van der Waals surface area contributed by atoms with E-state index in [1.165, 1.54) is 32.1 Å². The predicted molar refractivity (Wildman–Crippen MR) is 84.5 cm³/mol. The van der Waals surface area contributed by atoms with Crippen molar-refractivity contribution in [2.75, 3.05) is 19.7 Å². The zero-order valence-electron chi connectivity index (χ0n) is 12.8. The van der Waals surface area contributed by atoms with Crippen LogP contribution in [0.1, 0.15) is 32.1 Å². The molecule has 2 N–H and O–H groups in total. The van der Waals surface area contributed by atoms with Crippen molar-refractivity contribution in [1.82, 2.24) is 10.6 Å². The summed E-state index contributed by atoms with van der Waals surface area (Å²) >= 11 is 0. The zero-order valence-corrected chi connectivity index (χ0v) is 12.8. The number of benzene rings is 1. The van der Waals surface area contributed by atoms with Gasteiger partial charge in [-0.05, 0) is 30.9 Å². The molecule has 0 spiro atoms. The molecule has 1 aromatic carbocycles. The van der Waals surface area contributed by atoms with Gasteiger partial charge in [0, 0.05) is 6.54 Å². The Hall–Kier alpha value is -2.04. The zero-order chi connectivity index (χ0) is 15.6. The van der Waals surface area contributed by atoms with E-state index >= 15 is 0 Å². The third kappa shape index (κ3) is 6.16. The van der Waals surface area contributed by atoms with Gasteiger partial charge in [0.2, 0.25) is 5.91 Å². The van der Waals surface area contributed by atoms with Crippen molar-refractivity contribution in [3.63, 3.8) is 0 Å². The molecule has 0 aromatic heterocycles. The second kappa shape index (κ2) is 9.07. The Bertz CT molecular complexity index is 470. The summed E-state index contributed by atoms with van der Waals surface area (Å²) in [4.78, 5) is 23.3. The van der Waals surface area contributed by atoms with Crippen LogP contribution < -0.4 is 15.4 Å². The first-order valence-corrected chi connectivity index (χ1v) is 7.95. The van der Waals surface area contributed by atoms with E-state index in [0.29, 0.717) is 11.7 Å². The fourth-order valence-electron chi connectivity index (χ4n) is 2.61. The van der Waals surface area contributed by atoms with Gasteiger partial charge in [0.05, 0.1) is 6.54 Å². The first-order valence-electron chi connectivity index (χ1n) is 7.95. The Morgan fingerprint density at radius 3 is 2.45 bits per heavy atom. The average Bonchev–Trinajstić information content (AvgIpc) is 2.58. The van der Waals surface area contributed by atoms with Gasteiger partial charge in [0.15, 0.2) is 6.61 Å². The maximum absolute atomic E-state index is 11.7. The number of rotatable bonds is 7. The summed E-state index contributed by atoms with van der Waals surface area (Å²) in [6.45, 7) is 0.638. The van der Waals surface area contributed by atoms with Gasteiger partial charge in [0.1, 0.15) is 5.75 Å². The third-order valence-corrected chi connectivity index (χ3v) is 3.87. The third-order valence-electron chi connectivity index (χ3n) is 3.87. The van der Waals surface area contributed by atoms with Gasteiger partial charge in [0.25, 0.3) is 5.91 Å². The minimum atomic E-state index is -0.295. The van der Waals surface area contributed by atoms with Gasteiger partial charge < -0.3 is 15.4 Å². The second-order valence-corrected chi connectivity index (χ2v) is 5.69. The van der Waals surface area contributed by atoms with Crippen molar-refractivity contribution in [3.8, 4) is 5.75 Å². The normalized spacial score (nSPS) is 15.1. The van der Waals surface area contributed by atoms with Crippen LogP contribution in [0.2, 0.25) is 0 Å². The van der Waals surface area contributed by atoms with E-state index in [0.717, 1.165) is 6.54 Å². The summed E-state index contributed by atoms with van der Waals surface area (Å²) in [6.07, 6.45) is 6.21. The van der Waals surface area contributed by atoms with E-state index in [-0.39, 0.29) is 25.0 Å². The van der Waals surface area contributed by atoms with Crippen LogP contribution >= 0.6 is 0 Å². The predicted octanol–water partition coefficient (Wildman–Crippen LogP) is 1.88. The average molecular weight is 304 g/mol. The minimum Gasteiger partial charge on any atom is -0.484 e. The number of hydrogen-bond acceptors (Lipinski definition) is 3. The number of hydrogen-bond donors (Lipinski definition) is 2. The molecule has 0 atom stereocenters. The molecule has 0 unspecified atom stereocenters. The van der Waals surface area contributed by atoms with Crippen LogP contribution in [-0.4, -0.2) is 31.5 Å². The van der Waals surface area contributed by atoms with E-state index in [4.69, 9.17) is 4.74 Å². The van der Waals surface area contributed by atoms with Crippen LogP contribution in [0.25, 0.3) is 0 Å². The summed E-state index contributed by atoms with van der Waals surface area (Å²) in [5.41, 5.74) is 0. The number of amides is 2. The van der Waals surface area contributed by atoms with Crippen molar-refractivity contribution in [2.24, 2.45) is 5.92 Å². The van der Waals surface area contributed by atoms with Crippen molar-refractivity contribution in [1.29, 1.82) is 0 Å². The highest BCUT2D eigenvalue weighted by Crippen LogP contribution is 2.22. The maximum atomic E-state index is 11.7. The molecule has 1 saturated carbocycles. The SMILES string of the molecule is O=C(CNC(=O)COc1ccccc1)NCC1CCCCC1. The summed E-state index contributed by atoms with van der Waals surface area (Å²) < 4.78 is 5.31. The fraction of sp³-hybridized carbons (Fsp3) is 0.529. The number of nitrogens with one attached hydrogen (secondary N) is 2. The molecule has 5 heteroatoms.